The van der Waals surface area contributed by atoms with E-state index in [1.165, 1.54) is 12.1 Å². The summed E-state index contributed by atoms with van der Waals surface area (Å²) in [7, 11) is 0. The number of ether oxygens (including phenoxy) is 3. The molecule has 1 aliphatic heterocycles. The third kappa shape index (κ3) is 8.03. The molecule has 0 fully saturated rings. The van der Waals surface area contributed by atoms with E-state index in [0.717, 1.165) is 49.1 Å². The molecule has 7 heteroatoms. The zero-order valence-electron chi connectivity index (χ0n) is 19.5. The number of alkyl halides is 2. The Morgan fingerprint density at radius 1 is 1.09 bits per heavy atom. The molecule has 2 N–H and O–H groups in total. The van der Waals surface area contributed by atoms with Crippen LogP contribution in [0.4, 0.5) is 8.78 Å². The van der Waals surface area contributed by atoms with E-state index in [4.69, 9.17) is 14.2 Å². The van der Waals surface area contributed by atoms with Crippen molar-refractivity contribution in [2.45, 2.75) is 64.0 Å². The Morgan fingerprint density at radius 3 is 2.64 bits per heavy atom. The molecule has 3 rings (SSSR count). The molecule has 1 heterocycles. The van der Waals surface area contributed by atoms with Gasteiger partial charge in [0, 0.05) is 38.1 Å². The van der Waals surface area contributed by atoms with Crippen LogP contribution in [0.1, 0.15) is 62.3 Å². The maximum atomic E-state index is 14.0. The summed E-state index contributed by atoms with van der Waals surface area (Å²) in [5, 5.41) is 13.7. The maximum Gasteiger partial charge on any atom is 0.296 e. The average Bonchev–Trinajstić information content (AvgIpc) is 2.79. The largest absolute Gasteiger partial charge is 0.463 e. The number of benzene rings is 2. The van der Waals surface area contributed by atoms with Crippen molar-refractivity contribution < 1.29 is 28.1 Å². The molecule has 5 nitrogen and oxygen atoms in total. The number of hydrogen-bond donors (Lipinski definition) is 2. The first-order valence-corrected chi connectivity index (χ1v) is 11.6. The molecule has 0 saturated heterocycles. The lowest BCUT2D eigenvalue weighted by molar-refractivity contribution is -0.180. The van der Waals surface area contributed by atoms with Crippen LogP contribution in [-0.2, 0) is 22.0 Å². The fraction of sp³-hybridized carbons (Fsp3) is 0.538. The first-order chi connectivity index (χ1) is 15.8. The van der Waals surface area contributed by atoms with E-state index < -0.39 is 24.4 Å². The molecule has 0 radical (unpaired) electrons. The molecule has 0 spiro atoms. The van der Waals surface area contributed by atoms with Crippen molar-refractivity contribution in [1.82, 2.24) is 5.32 Å². The molecule has 0 saturated carbocycles. The van der Waals surface area contributed by atoms with Gasteiger partial charge < -0.3 is 24.6 Å². The minimum Gasteiger partial charge on any atom is -0.463 e. The molecule has 0 aromatic heterocycles. The second-order valence-corrected chi connectivity index (χ2v) is 8.91. The molecule has 1 unspecified atom stereocenters. The number of nitrogens with one attached hydrogen (secondary N) is 1. The lowest BCUT2D eigenvalue weighted by Gasteiger charge is -2.33. The SMILES string of the molecule is CC1(C)OCc2cc(C(O)CNCCCCCCOCC(F)(F)c3ccccc3)ccc2O1. The van der Waals surface area contributed by atoms with Crippen molar-refractivity contribution in [2.24, 2.45) is 0 Å². The first kappa shape index (κ1) is 25.6. The highest BCUT2D eigenvalue weighted by atomic mass is 19.3. The van der Waals surface area contributed by atoms with Crippen LogP contribution in [-0.4, -0.2) is 37.2 Å². The number of rotatable bonds is 13. The van der Waals surface area contributed by atoms with E-state index in [1.54, 1.807) is 18.2 Å². The van der Waals surface area contributed by atoms with E-state index >= 15 is 0 Å². The Balaban J connectivity index is 1.23. The molecule has 0 aliphatic carbocycles. The second kappa shape index (κ2) is 11.9. The van der Waals surface area contributed by atoms with Gasteiger partial charge in [0.2, 0.25) is 5.79 Å². The smallest absolute Gasteiger partial charge is 0.296 e. The molecular formula is C26H35F2NO4. The molecule has 2 aromatic carbocycles. The number of fused-ring (bicyclic) bond motifs is 1. The van der Waals surface area contributed by atoms with Gasteiger partial charge in [0.05, 0.1) is 12.7 Å². The summed E-state index contributed by atoms with van der Waals surface area (Å²) in [5.41, 5.74) is 1.76. The zero-order valence-corrected chi connectivity index (χ0v) is 19.5. The van der Waals surface area contributed by atoms with E-state index in [0.29, 0.717) is 19.8 Å². The summed E-state index contributed by atoms with van der Waals surface area (Å²) in [4.78, 5) is 0. The predicted molar refractivity (Wildman–Crippen MR) is 123 cm³/mol. The molecular weight excluding hydrogens is 428 g/mol. The minimum absolute atomic E-state index is 0.0146. The van der Waals surface area contributed by atoms with Gasteiger partial charge in [-0.05, 0) is 37.1 Å². The van der Waals surface area contributed by atoms with Gasteiger partial charge in [0.1, 0.15) is 12.4 Å². The number of hydrogen-bond acceptors (Lipinski definition) is 5. The molecule has 33 heavy (non-hydrogen) atoms. The highest BCUT2D eigenvalue weighted by molar-refractivity contribution is 5.39. The highest BCUT2D eigenvalue weighted by Crippen LogP contribution is 2.33. The summed E-state index contributed by atoms with van der Waals surface area (Å²) in [5.74, 6) is -2.79. The Bertz CT molecular complexity index is 861. The molecule has 182 valence electrons. The van der Waals surface area contributed by atoms with E-state index in [9.17, 15) is 13.9 Å². The summed E-state index contributed by atoms with van der Waals surface area (Å²) in [6.07, 6.45) is 3.00. The molecule has 1 atom stereocenters. The van der Waals surface area contributed by atoms with E-state index in [1.807, 2.05) is 32.0 Å². The lowest BCUT2D eigenvalue weighted by Crippen LogP contribution is -2.35. The van der Waals surface area contributed by atoms with Crippen molar-refractivity contribution >= 4 is 0 Å². The highest BCUT2D eigenvalue weighted by Gasteiger charge is 2.31. The monoisotopic (exact) mass is 463 g/mol. The third-order valence-corrected chi connectivity index (χ3v) is 5.61. The maximum absolute atomic E-state index is 14.0. The van der Waals surface area contributed by atoms with Crippen LogP contribution in [0.3, 0.4) is 0 Å². The van der Waals surface area contributed by atoms with Crippen molar-refractivity contribution in [1.29, 1.82) is 0 Å². The van der Waals surface area contributed by atoms with Gasteiger partial charge in [-0.15, -0.1) is 0 Å². The number of halogens is 2. The van der Waals surface area contributed by atoms with Gasteiger partial charge >= 0.3 is 0 Å². The predicted octanol–water partition coefficient (Wildman–Crippen LogP) is 5.32. The molecule has 1 aliphatic rings. The van der Waals surface area contributed by atoms with Crippen LogP contribution < -0.4 is 10.1 Å². The van der Waals surface area contributed by atoms with Crippen LogP contribution in [0.5, 0.6) is 5.75 Å². The zero-order chi connectivity index (χ0) is 23.7. The number of aliphatic hydroxyl groups excluding tert-OH is 1. The standard InChI is InChI=1S/C26H35F2NO4/c1-25(2)32-18-21-16-20(12-13-24(21)33-25)23(30)17-29-14-8-3-4-9-15-31-19-26(27,28)22-10-6-5-7-11-22/h5-7,10-13,16,23,29-30H,3-4,8-9,14-15,17-19H2,1-2H3. The van der Waals surface area contributed by atoms with Gasteiger partial charge in [-0.3, -0.25) is 0 Å². The van der Waals surface area contributed by atoms with Crippen molar-refractivity contribution in [2.75, 3.05) is 26.3 Å². The Labute approximate surface area is 195 Å². The Kier molecular flexibility index (Phi) is 9.20. The van der Waals surface area contributed by atoms with Gasteiger partial charge in [0.25, 0.3) is 5.92 Å². The summed E-state index contributed by atoms with van der Waals surface area (Å²) in [6.45, 7) is 5.20. The fourth-order valence-corrected chi connectivity index (χ4v) is 3.69. The van der Waals surface area contributed by atoms with Crippen molar-refractivity contribution in [3.8, 4) is 5.75 Å². The number of aliphatic hydroxyl groups is 1. The Hall–Kier alpha value is -2.06. The molecule has 0 bridgehead atoms. The van der Waals surface area contributed by atoms with E-state index in [-0.39, 0.29) is 5.56 Å². The van der Waals surface area contributed by atoms with Gasteiger partial charge in [0.15, 0.2) is 0 Å². The number of unbranched alkanes of at least 4 members (excludes halogenated alkanes) is 3. The lowest BCUT2D eigenvalue weighted by atomic mass is 10.0. The van der Waals surface area contributed by atoms with Crippen molar-refractivity contribution in [3.05, 3.63) is 65.2 Å². The van der Waals surface area contributed by atoms with Crippen LogP contribution in [0.2, 0.25) is 0 Å². The minimum atomic E-state index is -2.96. The summed E-state index contributed by atoms with van der Waals surface area (Å²) < 4.78 is 44.7. The van der Waals surface area contributed by atoms with E-state index in [2.05, 4.69) is 5.32 Å². The third-order valence-electron chi connectivity index (χ3n) is 5.61. The first-order valence-electron chi connectivity index (χ1n) is 11.6. The topological polar surface area (TPSA) is 60.0 Å². The van der Waals surface area contributed by atoms with Crippen LogP contribution in [0.15, 0.2) is 48.5 Å². The quantitative estimate of drug-likeness (QED) is 0.394. The van der Waals surface area contributed by atoms with Crippen LogP contribution >= 0.6 is 0 Å². The second-order valence-electron chi connectivity index (χ2n) is 8.91. The fourth-order valence-electron chi connectivity index (χ4n) is 3.69. The summed E-state index contributed by atoms with van der Waals surface area (Å²) in [6, 6.07) is 13.5. The van der Waals surface area contributed by atoms with Crippen molar-refractivity contribution in [3.63, 3.8) is 0 Å². The van der Waals surface area contributed by atoms with Crippen LogP contribution in [0, 0.1) is 0 Å². The Morgan fingerprint density at radius 2 is 1.85 bits per heavy atom. The molecule has 2 aromatic rings. The summed E-state index contributed by atoms with van der Waals surface area (Å²) >= 11 is 0. The van der Waals surface area contributed by atoms with Gasteiger partial charge in [-0.1, -0.05) is 49.2 Å². The van der Waals surface area contributed by atoms with Gasteiger partial charge in [-0.2, -0.15) is 8.78 Å². The van der Waals surface area contributed by atoms with Gasteiger partial charge in [-0.25, -0.2) is 0 Å². The normalized spacial score (nSPS) is 16.2. The molecule has 0 amide bonds. The average molecular weight is 464 g/mol. The van der Waals surface area contributed by atoms with Crippen LogP contribution in [0.25, 0.3) is 0 Å².